The molecule has 2 rings (SSSR count). The number of alkyl halides is 3. The first-order valence-electron chi connectivity index (χ1n) is 7.92. The van der Waals surface area contributed by atoms with Crippen LogP contribution in [-0.4, -0.2) is 42.6 Å². The Bertz CT molecular complexity index is 996. The smallest absolute Gasteiger partial charge is 0.299 e. The van der Waals surface area contributed by atoms with E-state index in [0.29, 0.717) is 14.7 Å². The highest BCUT2D eigenvalue weighted by Gasteiger charge is 2.34. The van der Waals surface area contributed by atoms with Gasteiger partial charge in [-0.15, -0.1) is 10.2 Å². The van der Waals surface area contributed by atoms with Gasteiger partial charge in [-0.1, -0.05) is 48.5 Å². The van der Waals surface area contributed by atoms with Crippen LogP contribution in [0.15, 0.2) is 22.5 Å². The summed E-state index contributed by atoms with van der Waals surface area (Å²) in [5.74, 6) is -0.781. The predicted octanol–water partition coefficient (Wildman–Crippen LogP) is 4.12. The summed E-state index contributed by atoms with van der Waals surface area (Å²) in [7, 11) is -4.07. The van der Waals surface area contributed by atoms with Crippen molar-refractivity contribution in [3.63, 3.8) is 0 Å². The van der Waals surface area contributed by atoms with Crippen LogP contribution in [0.4, 0.5) is 24.0 Å². The number of thioether (sulfide) groups is 1. The Labute approximate surface area is 178 Å². The summed E-state index contributed by atoms with van der Waals surface area (Å²) >= 11 is 8.11. The number of carbonyl (C=O) groups excluding carboxylic acids is 1. The minimum atomic E-state index is -4.78. The molecule has 1 amide bonds. The van der Waals surface area contributed by atoms with Gasteiger partial charge < -0.3 is 0 Å². The van der Waals surface area contributed by atoms with Crippen LogP contribution in [0.25, 0.3) is 0 Å². The lowest BCUT2D eigenvalue weighted by atomic mass is 10.2. The fourth-order valence-electron chi connectivity index (χ4n) is 2.08. The Morgan fingerprint density at radius 1 is 1.34 bits per heavy atom. The van der Waals surface area contributed by atoms with Gasteiger partial charge in [0.1, 0.15) is 6.54 Å². The third-order valence-corrected chi connectivity index (χ3v) is 6.62. The van der Waals surface area contributed by atoms with Crippen molar-refractivity contribution < 1.29 is 26.4 Å². The number of anilines is 2. The number of nitrogens with one attached hydrogen (secondary N) is 1. The second-order valence-corrected chi connectivity index (χ2v) is 11.1. The molecule has 2 aromatic rings. The van der Waals surface area contributed by atoms with Gasteiger partial charge in [0.15, 0.2) is 4.34 Å². The van der Waals surface area contributed by atoms with E-state index in [1.165, 1.54) is 11.8 Å². The summed E-state index contributed by atoms with van der Waals surface area (Å²) in [6.45, 7) is 3.16. The van der Waals surface area contributed by atoms with Gasteiger partial charge in [-0.25, -0.2) is 8.42 Å². The molecule has 0 aliphatic carbocycles. The van der Waals surface area contributed by atoms with Crippen LogP contribution in [-0.2, 0) is 21.0 Å². The number of aromatic nitrogens is 2. The molecule has 1 aromatic carbocycles. The molecular formula is C15H16ClF3N4O3S3. The zero-order valence-corrected chi connectivity index (χ0v) is 18.5. The van der Waals surface area contributed by atoms with Crippen LogP contribution >= 0.6 is 34.7 Å². The predicted molar refractivity (Wildman–Crippen MR) is 108 cm³/mol. The van der Waals surface area contributed by atoms with Crippen molar-refractivity contribution in [2.45, 2.75) is 29.6 Å². The van der Waals surface area contributed by atoms with E-state index in [1.807, 2.05) is 13.8 Å². The number of hydrogen-bond donors (Lipinski definition) is 1. The van der Waals surface area contributed by atoms with E-state index in [9.17, 15) is 26.4 Å². The monoisotopic (exact) mass is 488 g/mol. The number of carbonyl (C=O) groups is 1. The Balaban J connectivity index is 2.24. The van der Waals surface area contributed by atoms with Gasteiger partial charge in [0.2, 0.25) is 21.1 Å². The summed E-state index contributed by atoms with van der Waals surface area (Å²) in [5.41, 5.74) is -1.54. The first-order chi connectivity index (χ1) is 13.3. The summed E-state index contributed by atoms with van der Waals surface area (Å²) in [5, 5.41) is 9.90. The highest BCUT2D eigenvalue weighted by Crippen LogP contribution is 2.37. The van der Waals surface area contributed by atoms with Crippen LogP contribution in [0.1, 0.15) is 19.4 Å². The molecule has 1 aromatic heterocycles. The molecule has 0 saturated carbocycles. The van der Waals surface area contributed by atoms with Crippen LogP contribution in [0.3, 0.4) is 0 Å². The van der Waals surface area contributed by atoms with Gasteiger partial charge in [-0.2, -0.15) is 13.2 Å². The van der Waals surface area contributed by atoms with E-state index < -0.39 is 39.2 Å². The quantitative estimate of drug-likeness (QED) is 0.465. The molecule has 0 aliphatic heterocycles. The second kappa shape index (κ2) is 9.06. The van der Waals surface area contributed by atoms with E-state index in [4.69, 9.17) is 11.6 Å². The Kier molecular flexibility index (Phi) is 7.41. The van der Waals surface area contributed by atoms with Gasteiger partial charge >= 0.3 is 6.18 Å². The van der Waals surface area contributed by atoms with Crippen molar-refractivity contribution in [1.29, 1.82) is 0 Å². The Hall–Kier alpha value is -1.57. The molecule has 0 radical (unpaired) electrons. The zero-order valence-electron chi connectivity index (χ0n) is 15.3. The van der Waals surface area contributed by atoms with Crippen molar-refractivity contribution in [3.05, 3.63) is 28.8 Å². The van der Waals surface area contributed by atoms with Crippen LogP contribution < -0.4 is 9.62 Å². The minimum Gasteiger partial charge on any atom is -0.299 e. The first kappa shape index (κ1) is 23.7. The lowest BCUT2D eigenvalue weighted by Crippen LogP contribution is -2.37. The lowest BCUT2D eigenvalue weighted by molar-refractivity contribution is -0.137. The van der Waals surface area contributed by atoms with E-state index in [2.05, 4.69) is 15.5 Å². The number of hydrogen-bond acceptors (Lipinski definition) is 7. The molecule has 0 aliphatic rings. The van der Waals surface area contributed by atoms with Crippen molar-refractivity contribution >= 4 is 61.4 Å². The summed E-state index contributed by atoms with van der Waals surface area (Å²) in [4.78, 5) is 12.3. The maximum Gasteiger partial charge on any atom is 0.417 e. The van der Waals surface area contributed by atoms with Crippen molar-refractivity contribution in [3.8, 4) is 0 Å². The minimum absolute atomic E-state index is 0.152. The molecule has 0 fully saturated rings. The maximum atomic E-state index is 13.1. The topological polar surface area (TPSA) is 92.3 Å². The summed E-state index contributed by atoms with van der Waals surface area (Å²) in [6.07, 6.45) is -4.00. The molecule has 1 heterocycles. The normalized spacial score (nSPS) is 12.3. The van der Waals surface area contributed by atoms with Gasteiger partial charge in [0.25, 0.3) is 0 Å². The number of benzene rings is 1. The molecule has 29 heavy (non-hydrogen) atoms. The molecule has 0 saturated heterocycles. The van der Waals surface area contributed by atoms with Gasteiger partial charge in [-0.3, -0.25) is 14.4 Å². The third-order valence-electron chi connectivity index (χ3n) is 3.22. The molecule has 1 N–H and O–H groups in total. The van der Waals surface area contributed by atoms with Gasteiger partial charge in [0.05, 0.1) is 22.5 Å². The van der Waals surface area contributed by atoms with Crippen LogP contribution in [0.5, 0.6) is 0 Å². The van der Waals surface area contributed by atoms with Crippen molar-refractivity contribution in [2.75, 3.05) is 22.4 Å². The number of nitrogens with zero attached hydrogens (tertiary/aromatic N) is 3. The highest BCUT2D eigenvalue weighted by molar-refractivity contribution is 8.01. The molecule has 160 valence electrons. The average molecular weight is 489 g/mol. The fraction of sp³-hybridized carbons (Fsp3) is 0.400. The SMILES string of the molecule is CC(C)Sc1nnc(NC(=O)CN(c2ccc(Cl)c(C(F)(F)F)c2)S(C)(=O)=O)s1. The molecule has 0 bridgehead atoms. The van der Waals surface area contributed by atoms with Gasteiger partial charge in [-0.05, 0) is 18.2 Å². The van der Waals surface area contributed by atoms with E-state index in [1.54, 1.807) is 0 Å². The largest absolute Gasteiger partial charge is 0.417 e. The molecule has 7 nitrogen and oxygen atoms in total. The fourth-order valence-corrected chi connectivity index (χ4v) is 5.15. The van der Waals surface area contributed by atoms with E-state index in [-0.39, 0.29) is 16.1 Å². The molecule has 0 unspecified atom stereocenters. The summed E-state index contributed by atoms with van der Waals surface area (Å²) < 4.78 is 64.6. The number of halogens is 4. The number of rotatable bonds is 7. The second-order valence-electron chi connectivity index (χ2n) is 6.02. The van der Waals surface area contributed by atoms with Crippen molar-refractivity contribution in [2.24, 2.45) is 0 Å². The number of amides is 1. The zero-order chi connectivity index (χ0) is 22.0. The Morgan fingerprint density at radius 2 is 2.00 bits per heavy atom. The first-order valence-corrected chi connectivity index (χ1v) is 11.8. The Morgan fingerprint density at radius 3 is 2.55 bits per heavy atom. The molecular weight excluding hydrogens is 473 g/mol. The molecule has 0 spiro atoms. The standard InChI is InChI=1S/C15H16ClF3N4O3S3/c1-8(2)27-14-22-21-13(28-14)20-12(24)7-23(29(3,25)26)9-4-5-11(16)10(6-9)15(17,18)19/h4-6,8H,7H2,1-3H3,(H,20,21,24). The average Bonchev–Trinajstić information content (AvgIpc) is 2.97. The highest BCUT2D eigenvalue weighted by atomic mass is 35.5. The maximum absolute atomic E-state index is 13.1. The lowest BCUT2D eigenvalue weighted by Gasteiger charge is -2.23. The molecule has 14 heteroatoms. The van der Waals surface area contributed by atoms with Gasteiger partial charge in [0, 0.05) is 5.25 Å². The summed E-state index contributed by atoms with van der Waals surface area (Å²) in [6, 6.07) is 2.60. The van der Waals surface area contributed by atoms with Crippen molar-refractivity contribution in [1.82, 2.24) is 10.2 Å². The third kappa shape index (κ3) is 6.73. The van der Waals surface area contributed by atoms with Crippen LogP contribution in [0.2, 0.25) is 5.02 Å². The van der Waals surface area contributed by atoms with E-state index in [0.717, 1.165) is 29.7 Å². The number of sulfonamides is 1. The molecule has 0 atom stereocenters. The van der Waals surface area contributed by atoms with E-state index >= 15 is 0 Å². The van der Waals surface area contributed by atoms with Crippen LogP contribution in [0, 0.1) is 0 Å².